The molecule has 12 heteroatoms. The summed E-state index contributed by atoms with van der Waals surface area (Å²) in [5.74, 6) is 2.19. The van der Waals surface area contributed by atoms with Gasteiger partial charge in [-0.1, -0.05) is 0 Å². The van der Waals surface area contributed by atoms with E-state index in [1.807, 2.05) is 42.3 Å². The molecule has 2 heterocycles. The molecule has 136 valence electrons. The monoisotopic (exact) mass is 367 g/mol. The van der Waals surface area contributed by atoms with Gasteiger partial charge in [-0.25, -0.2) is 0 Å². The van der Waals surface area contributed by atoms with E-state index in [9.17, 15) is 0 Å². The number of hydrazine groups is 1. The Hall–Kier alpha value is -2.69. The van der Waals surface area contributed by atoms with Crippen LogP contribution in [0.5, 0.6) is 0 Å². The molecule has 0 radical (unpaired) electrons. The molecule has 2 aromatic rings. The van der Waals surface area contributed by atoms with Crippen LogP contribution in [0.3, 0.4) is 0 Å². The number of halogens is 1. The fraction of sp³-hybridized carbons (Fsp3) is 0.538. The van der Waals surface area contributed by atoms with Crippen molar-refractivity contribution in [2.45, 2.75) is 0 Å². The van der Waals surface area contributed by atoms with E-state index in [0.717, 1.165) is 0 Å². The van der Waals surface area contributed by atoms with Crippen LogP contribution in [0.1, 0.15) is 0 Å². The molecular weight excluding hydrogens is 346 g/mol. The number of hydrogen-bond acceptors (Lipinski definition) is 11. The quantitative estimate of drug-likeness (QED) is 0.716. The SMILES string of the molecule is CN(C)c1nc(Cl)nc(NN(C)c2nc(N(C)C)nc(N(C)C)n2)n1. The van der Waals surface area contributed by atoms with E-state index in [0.29, 0.717) is 23.8 Å². The summed E-state index contributed by atoms with van der Waals surface area (Å²) < 4.78 is 0. The molecule has 11 nitrogen and oxygen atoms in total. The molecule has 0 aliphatic rings. The van der Waals surface area contributed by atoms with Gasteiger partial charge in [0.15, 0.2) is 0 Å². The predicted octanol–water partition coefficient (Wildman–Crippen LogP) is 0.371. The van der Waals surface area contributed by atoms with Crippen LogP contribution < -0.4 is 25.1 Å². The van der Waals surface area contributed by atoms with Gasteiger partial charge in [-0.15, -0.1) is 0 Å². The summed E-state index contributed by atoms with van der Waals surface area (Å²) in [4.78, 5) is 30.9. The molecule has 0 amide bonds. The zero-order valence-electron chi connectivity index (χ0n) is 15.4. The van der Waals surface area contributed by atoms with Crippen molar-refractivity contribution in [3.8, 4) is 0 Å². The fourth-order valence-corrected chi connectivity index (χ4v) is 1.84. The van der Waals surface area contributed by atoms with Gasteiger partial charge in [-0.2, -0.15) is 29.9 Å². The van der Waals surface area contributed by atoms with Gasteiger partial charge in [-0.3, -0.25) is 10.4 Å². The minimum absolute atomic E-state index is 0.0909. The molecule has 2 rings (SSSR count). The Kier molecular flexibility index (Phi) is 5.57. The van der Waals surface area contributed by atoms with Crippen molar-refractivity contribution in [3.63, 3.8) is 0 Å². The number of hydrogen-bond donors (Lipinski definition) is 1. The molecule has 0 aliphatic heterocycles. The van der Waals surface area contributed by atoms with Gasteiger partial charge in [0.1, 0.15) is 0 Å². The zero-order valence-corrected chi connectivity index (χ0v) is 16.1. The van der Waals surface area contributed by atoms with E-state index in [2.05, 4.69) is 35.3 Å². The molecule has 25 heavy (non-hydrogen) atoms. The van der Waals surface area contributed by atoms with E-state index < -0.39 is 0 Å². The first-order valence-corrected chi connectivity index (χ1v) is 7.75. The van der Waals surface area contributed by atoms with Crippen molar-refractivity contribution < 1.29 is 0 Å². The van der Waals surface area contributed by atoms with E-state index in [4.69, 9.17) is 11.6 Å². The highest BCUT2D eigenvalue weighted by Crippen LogP contribution is 2.17. The van der Waals surface area contributed by atoms with Crippen molar-refractivity contribution >= 4 is 41.3 Å². The third-order valence-electron chi connectivity index (χ3n) is 2.96. The normalized spacial score (nSPS) is 10.4. The van der Waals surface area contributed by atoms with Crippen LogP contribution in [0.4, 0.5) is 29.7 Å². The van der Waals surface area contributed by atoms with Gasteiger partial charge in [0, 0.05) is 49.3 Å². The smallest absolute Gasteiger partial charge is 0.250 e. The molecule has 2 aromatic heterocycles. The molecule has 0 aliphatic carbocycles. The Balaban J connectivity index is 2.33. The topological polar surface area (TPSA) is 102 Å². The van der Waals surface area contributed by atoms with E-state index in [1.165, 1.54) is 0 Å². The Morgan fingerprint density at radius 1 is 0.600 bits per heavy atom. The molecule has 0 saturated carbocycles. The highest BCUT2D eigenvalue weighted by Gasteiger charge is 2.15. The van der Waals surface area contributed by atoms with Crippen molar-refractivity contribution in [1.82, 2.24) is 29.9 Å². The number of nitrogens with zero attached hydrogens (tertiary/aromatic N) is 10. The summed E-state index contributed by atoms with van der Waals surface area (Å²) in [6, 6.07) is 0. The van der Waals surface area contributed by atoms with Crippen LogP contribution in [0.15, 0.2) is 0 Å². The standard InChI is InChI=1S/C13H22ClN11/c1-22(2)10-16-8(14)15-9(17-10)21-25(7)13-19-11(23(3)4)18-12(20-13)24(5)6/h1-7H3,(H,15,16,17,21). The predicted molar refractivity (Wildman–Crippen MR) is 99.7 cm³/mol. The Morgan fingerprint density at radius 2 is 1.04 bits per heavy atom. The van der Waals surface area contributed by atoms with Crippen molar-refractivity contribution in [1.29, 1.82) is 0 Å². The summed E-state index contributed by atoms with van der Waals surface area (Å²) in [5, 5.41) is 1.68. The zero-order chi connectivity index (χ0) is 18.7. The van der Waals surface area contributed by atoms with Gasteiger partial charge >= 0.3 is 0 Å². The van der Waals surface area contributed by atoms with Crippen molar-refractivity contribution in [2.75, 3.05) is 74.5 Å². The third-order valence-corrected chi connectivity index (χ3v) is 3.13. The molecule has 1 N–H and O–H groups in total. The van der Waals surface area contributed by atoms with Crippen LogP contribution in [0.25, 0.3) is 0 Å². The van der Waals surface area contributed by atoms with Crippen LogP contribution in [0.2, 0.25) is 5.28 Å². The first-order chi connectivity index (χ1) is 11.7. The molecule has 0 spiro atoms. The van der Waals surface area contributed by atoms with Gasteiger partial charge < -0.3 is 14.7 Å². The van der Waals surface area contributed by atoms with Gasteiger partial charge in [0.2, 0.25) is 29.1 Å². The Bertz CT molecular complexity index is 708. The second-order valence-corrected chi connectivity index (χ2v) is 6.16. The average Bonchev–Trinajstić information content (AvgIpc) is 2.53. The fourth-order valence-electron chi connectivity index (χ4n) is 1.68. The van der Waals surface area contributed by atoms with Crippen molar-refractivity contribution in [3.05, 3.63) is 5.28 Å². The lowest BCUT2D eigenvalue weighted by molar-refractivity contribution is 0.869. The largest absolute Gasteiger partial charge is 0.347 e. The summed E-state index contributed by atoms with van der Waals surface area (Å²) in [6.45, 7) is 0. The molecule has 0 atom stereocenters. The Morgan fingerprint density at radius 3 is 1.52 bits per heavy atom. The van der Waals surface area contributed by atoms with Crippen molar-refractivity contribution in [2.24, 2.45) is 0 Å². The van der Waals surface area contributed by atoms with Crippen LogP contribution in [0, 0.1) is 0 Å². The minimum Gasteiger partial charge on any atom is -0.347 e. The van der Waals surface area contributed by atoms with E-state index in [1.54, 1.807) is 26.8 Å². The third kappa shape index (κ3) is 4.66. The second kappa shape index (κ2) is 7.47. The van der Waals surface area contributed by atoms with Crippen LogP contribution >= 0.6 is 11.6 Å². The number of aromatic nitrogens is 6. The maximum absolute atomic E-state index is 5.96. The van der Waals surface area contributed by atoms with Crippen LogP contribution in [-0.2, 0) is 0 Å². The molecular formula is C13H22ClN11. The maximum atomic E-state index is 5.96. The number of anilines is 5. The first kappa shape index (κ1) is 18.6. The number of nitrogens with one attached hydrogen (secondary N) is 1. The summed E-state index contributed by atoms with van der Waals surface area (Å²) >= 11 is 5.96. The van der Waals surface area contributed by atoms with Crippen LogP contribution in [-0.4, -0.2) is 79.2 Å². The maximum Gasteiger partial charge on any atom is 0.250 e. The lowest BCUT2D eigenvalue weighted by atomic mass is 10.7. The first-order valence-electron chi connectivity index (χ1n) is 7.37. The Labute approximate surface area is 151 Å². The van der Waals surface area contributed by atoms with Gasteiger partial charge in [0.05, 0.1) is 0 Å². The molecule has 0 unspecified atom stereocenters. The summed E-state index contributed by atoms with van der Waals surface area (Å²) in [6.07, 6.45) is 0. The molecule has 0 aromatic carbocycles. The lowest BCUT2D eigenvalue weighted by Crippen LogP contribution is -2.30. The lowest BCUT2D eigenvalue weighted by Gasteiger charge is -2.22. The highest BCUT2D eigenvalue weighted by molar-refractivity contribution is 6.28. The average molecular weight is 368 g/mol. The van der Waals surface area contributed by atoms with Gasteiger partial charge in [-0.05, 0) is 11.6 Å². The van der Waals surface area contributed by atoms with E-state index >= 15 is 0 Å². The molecule has 0 bridgehead atoms. The highest BCUT2D eigenvalue weighted by atomic mass is 35.5. The van der Waals surface area contributed by atoms with Gasteiger partial charge in [0.25, 0.3) is 5.95 Å². The second-order valence-electron chi connectivity index (χ2n) is 5.82. The minimum atomic E-state index is 0.0909. The summed E-state index contributed by atoms with van der Waals surface area (Å²) in [7, 11) is 12.8. The molecule has 0 fully saturated rings. The number of rotatable bonds is 6. The summed E-state index contributed by atoms with van der Waals surface area (Å²) in [5.41, 5.74) is 3.00. The van der Waals surface area contributed by atoms with E-state index in [-0.39, 0.29) is 11.2 Å². The molecule has 0 saturated heterocycles.